The van der Waals surface area contributed by atoms with Gasteiger partial charge >= 0.3 is 0 Å². The van der Waals surface area contributed by atoms with Crippen LogP contribution in [0.5, 0.6) is 0 Å². The summed E-state index contributed by atoms with van der Waals surface area (Å²) in [5.74, 6) is 0. The van der Waals surface area contributed by atoms with Crippen molar-refractivity contribution in [2.45, 2.75) is 58.9 Å². The van der Waals surface area contributed by atoms with Gasteiger partial charge in [-0.05, 0) is 30.4 Å². The van der Waals surface area contributed by atoms with E-state index in [1.54, 1.807) is 0 Å². The van der Waals surface area contributed by atoms with Crippen molar-refractivity contribution in [1.82, 2.24) is 9.80 Å². The molecule has 1 saturated heterocycles. The molecule has 0 saturated carbocycles. The molecule has 4 atom stereocenters. The van der Waals surface area contributed by atoms with E-state index in [4.69, 9.17) is 4.74 Å². The third kappa shape index (κ3) is 5.67. The molecule has 0 aromatic heterocycles. The molecule has 0 bridgehead atoms. The van der Waals surface area contributed by atoms with E-state index in [0.29, 0.717) is 6.73 Å². The van der Waals surface area contributed by atoms with Crippen molar-refractivity contribution in [3.05, 3.63) is 71.8 Å². The molecule has 29 heavy (non-hydrogen) atoms. The molecule has 0 aliphatic carbocycles. The molecule has 0 spiro atoms. The second-order valence-corrected chi connectivity index (χ2v) is 9.50. The summed E-state index contributed by atoms with van der Waals surface area (Å²) in [6.45, 7) is 13.4. The highest BCUT2D eigenvalue weighted by Gasteiger charge is 2.36. The fourth-order valence-corrected chi connectivity index (χ4v) is 4.11. The molecule has 0 amide bonds. The first-order valence-corrected chi connectivity index (χ1v) is 10.6. The molecule has 2 unspecified atom stereocenters. The number of benzene rings is 2. The van der Waals surface area contributed by atoms with Gasteiger partial charge in [-0.2, -0.15) is 0 Å². The maximum Gasteiger partial charge on any atom is 0.101 e. The van der Waals surface area contributed by atoms with Crippen LogP contribution in [0.4, 0.5) is 0 Å². The molecule has 1 N–H and O–H groups in total. The molecule has 4 heteroatoms. The largest absolute Gasteiger partial charge is 0.387 e. The first-order valence-electron chi connectivity index (χ1n) is 10.6. The zero-order valence-corrected chi connectivity index (χ0v) is 18.5. The summed E-state index contributed by atoms with van der Waals surface area (Å²) < 4.78 is 6.16. The van der Waals surface area contributed by atoms with E-state index in [9.17, 15) is 5.11 Å². The van der Waals surface area contributed by atoms with Gasteiger partial charge in [-0.3, -0.25) is 9.80 Å². The van der Waals surface area contributed by atoms with Gasteiger partial charge in [-0.1, -0.05) is 81.4 Å². The highest BCUT2D eigenvalue weighted by Crippen LogP contribution is 2.32. The molecule has 2 aromatic carbocycles. The van der Waals surface area contributed by atoms with Crippen molar-refractivity contribution in [3.8, 4) is 0 Å². The Morgan fingerprint density at radius 3 is 2.24 bits per heavy atom. The number of hydrogen-bond donors (Lipinski definition) is 1. The topological polar surface area (TPSA) is 35.9 Å². The number of nitrogens with zero attached hydrogens (tertiary/aromatic N) is 2. The summed E-state index contributed by atoms with van der Waals surface area (Å²) in [5.41, 5.74) is 2.32. The van der Waals surface area contributed by atoms with E-state index in [0.717, 1.165) is 18.8 Å². The normalized spacial score (nSPS) is 22.7. The predicted octanol–water partition coefficient (Wildman–Crippen LogP) is 4.83. The van der Waals surface area contributed by atoms with E-state index in [-0.39, 0.29) is 23.6 Å². The van der Waals surface area contributed by atoms with Crippen molar-refractivity contribution in [1.29, 1.82) is 0 Å². The van der Waals surface area contributed by atoms with Crippen molar-refractivity contribution in [2.75, 3.05) is 19.9 Å². The van der Waals surface area contributed by atoms with Crippen LogP contribution in [0.1, 0.15) is 58.0 Å². The van der Waals surface area contributed by atoms with Gasteiger partial charge in [0.1, 0.15) is 6.73 Å². The quantitative estimate of drug-likeness (QED) is 0.727. The second-order valence-electron chi connectivity index (χ2n) is 9.50. The summed E-state index contributed by atoms with van der Waals surface area (Å²) in [6, 6.07) is 20.7. The van der Waals surface area contributed by atoms with E-state index >= 15 is 0 Å². The van der Waals surface area contributed by atoms with Crippen LogP contribution < -0.4 is 0 Å². The van der Waals surface area contributed by atoms with Crippen LogP contribution in [0.15, 0.2) is 60.7 Å². The van der Waals surface area contributed by atoms with E-state index in [1.807, 2.05) is 36.4 Å². The minimum Gasteiger partial charge on any atom is -0.387 e. The molecule has 1 fully saturated rings. The summed E-state index contributed by atoms with van der Waals surface area (Å²) in [6.07, 6.45) is -0.440. The van der Waals surface area contributed by atoms with Crippen molar-refractivity contribution >= 4 is 0 Å². The van der Waals surface area contributed by atoms with Crippen LogP contribution in [0, 0.1) is 5.41 Å². The number of hydrogen-bond acceptors (Lipinski definition) is 4. The Balaban J connectivity index is 1.74. The minimum absolute atomic E-state index is 0.000370. The zero-order valence-electron chi connectivity index (χ0n) is 18.5. The van der Waals surface area contributed by atoms with E-state index < -0.39 is 6.10 Å². The number of aliphatic hydroxyl groups excluding tert-OH is 1. The Morgan fingerprint density at radius 2 is 1.66 bits per heavy atom. The van der Waals surface area contributed by atoms with Gasteiger partial charge in [0.05, 0.1) is 18.9 Å². The van der Waals surface area contributed by atoms with Crippen LogP contribution in [-0.4, -0.2) is 46.9 Å². The molecule has 0 radical (unpaired) electrons. The lowest BCUT2D eigenvalue weighted by Gasteiger charge is -2.39. The molecule has 158 valence electrons. The van der Waals surface area contributed by atoms with Crippen LogP contribution in [0.25, 0.3) is 0 Å². The van der Waals surface area contributed by atoms with Crippen molar-refractivity contribution < 1.29 is 9.84 Å². The van der Waals surface area contributed by atoms with Crippen LogP contribution in [0.3, 0.4) is 0 Å². The summed E-state index contributed by atoms with van der Waals surface area (Å²) in [4.78, 5) is 4.77. The molecule has 2 aromatic rings. The maximum atomic E-state index is 11.0. The monoisotopic (exact) mass is 396 g/mol. The average Bonchev–Trinajstić information content (AvgIpc) is 3.07. The Hall–Kier alpha value is -1.72. The standard InChI is InChI=1S/C25H36N2O2/c1-19(23(28)21-12-8-6-9-13-21)26(16-25(3,4)5)17-27-18-29-24(20(27)2)22-14-10-7-11-15-22/h6-15,19-20,23-24,28H,16-18H2,1-5H3/t19?,20-,23?,24-/m1/s1. The van der Waals surface area contributed by atoms with E-state index in [1.165, 1.54) is 5.56 Å². The van der Waals surface area contributed by atoms with Gasteiger partial charge in [-0.15, -0.1) is 0 Å². The lowest BCUT2D eigenvalue weighted by molar-refractivity contribution is -0.00661. The first-order chi connectivity index (χ1) is 13.8. The predicted molar refractivity (Wildman–Crippen MR) is 118 cm³/mol. The first kappa shape index (κ1) is 22.0. The summed E-state index contributed by atoms with van der Waals surface area (Å²) in [5, 5.41) is 11.0. The molecule has 1 aliphatic heterocycles. The lowest BCUT2D eigenvalue weighted by Crippen LogP contribution is -2.49. The van der Waals surface area contributed by atoms with Gasteiger partial charge in [0, 0.05) is 18.6 Å². The van der Waals surface area contributed by atoms with Gasteiger partial charge in [0.15, 0.2) is 0 Å². The maximum absolute atomic E-state index is 11.0. The highest BCUT2D eigenvalue weighted by molar-refractivity contribution is 5.20. The SMILES string of the molecule is CC(C(O)c1ccccc1)N(CN1CO[C@@H](c2ccccc2)[C@H]1C)CC(C)(C)C. The highest BCUT2D eigenvalue weighted by atomic mass is 16.5. The number of rotatable bonds is 7. The molecule has 4 nitrogen and oxygen atoms in total. The fourth-order valence-electron chi connectivity index (χ4n) is 4.11. The summed E-state index contributed by atoms with van der Waals surface area (Å²) in [7, 11) is 0. The molecular weight excluding hydrogens is 360 g/mol. The third-order valence-corrected chi connectivity index (χ3v) is 5.78. The Morgan fingerprint density at radius 1 is 1.07 bits per heavy atom. The molecular formula is C25H36N2O2. The molecule has 1 heterocycles. The van der Waals surface area contributed by atoms with Crippen LogP contribution >= 0.6 is 0 Å². The Kier molecular flexibility index (Phi) is 7.12. The van der Waals surface area contributed by atoms with Gasteiger partial charge in [-0.25, -0.2) is 0 Å². The Bertz CT molecular complexity index is 744. The zero-order chi connectivity index (χ0) is 21.0. The van der Waals surface area contributed by atoms with Crippen molar-refractivity contribution in [3.63, 3.8) is 0 Å². The van der Waals surface area contributed by atoms with Gasteiger partial charge in [0.2, 0.25) is 0 Å². The lowest BCUT2D eigenvalue weighted by atomic mass is 9.94. The Labute approximate surface area is 176 Å². The van der Waals surface area contributed by atoms with Gasteiger partial charge in [0.25, 0.3) is 0 Å². The number of ether oxygens (including phenoxy) is 1. The smallest absolute Gasteiger partial charge is 0.101 e. The summed E-state index contributed by atoms with van der Waals surface area (Å²) >= 11 is 0. The minimum atomic E-state index is -0.526. The van der Waals surface area contributed by atoms with Crippen LogP contribution in [0.2, 0.25) is 0 Å². The average molecular weight is 397 g/mol. The second kappa shape index (κ2) is 9.40. The molecule has 3 rings (SSSR count). The van der Waals surface area contributed by atoms with Crippen molar-refractivity contribution in [2.24, 2.45) is 5.41 Å². The van der Waals surface area contributed by atoms with Crippen LogP contribution in [-0.2, 0) is 4.74 Å². The third-order valence-electron chi connectivity index (χ3n) is 5.78. The molecule has 1 aliphatic rings. The number of aliphatic hydroxyl groups is 1. The van der Waals surface area contributed by atoms with Gasteiger partial charge < -0.3 is 9.84 Å². The fraction of sp³-hybridized carbons (Fsp3) is 0.520. The van der Waals surface area contributed by atoms with E-state index in [2.05, 4.69) is 68.7 Å².